The molecule has 2 heterocycles. The number of halogens is 1. The lowest BCUT2D eigenvalue weighted by Crippen LogP contribution is -2.50. The molecule has 132 valence electrons. The Hall–Kier alpha value is -1.93. The van der Waals surface area contributed by atoms with Crippen molar-refractivity contribution in [2.24, 2.45) is 0 Å². The van der Waals surface area contributed by atoms with Crippen molar-refractivity contribution in [1.82, 2.24) is 14.8 Å². The highest BCUT2D eigenvalue weighted by molar-refractivity contribution is 8.01. The van der Waals surface area contributed by atoms with E-state index in [0.29, 0.717) is 31.9 Å². The second-order valence-electron chi connectivity index (χ2n) is 5.68. The molecule has 5 nitrogen and oxygen atoms in total. The average molecular weight is 379 g/mol. The van der Waals surface area contributed by atoms with Crippen molar-refractivity contribution in [3.63, 3.8) is 0 Å². The Bertz CT molecular complexity index is 756. The maximum atomic E-state index is 13.0. The Balaban J connectivity index is 1.51. The number of rotatable bonds is 4. The van der Waals surface area contributed by atoms with Gasteiger partial charge in [-0.25, -0.2) is 9.37 Å². The summed E-state index contributed by atoms with van der Waals surface area (Å²) in [5.74, 6) is 0.171. The number of hydrogen-bond acceptors (Lipinski definition) is 5. The molecule has 1 aromatic carbocycles. The summed E-state index contributed by atoms with van der Waals surface area (Å²) in [4.78, 5) is 31.7. The van der Waals surface area contributed by atoms with Crippen LogP contribution < -0.4 is 0 Å². The van der Waals surface area contributed by atoms with Crippen molar-refractivity contribution in [2.75, 3.05) is 31.9 Å². The van der Waals surface area contributed by atoms with Gasteiger partial charge in [0.1, 0.15) is 5.82 Å². The zero-order valence-electron chi connectivity index (χ0n) is 13.8. The van der Waals surface area contributed by atoms with E-state index in [2.05, 4.69) is 4.98 Å². The van der Waals surface area contributed by atoms with Crippen LogP contribution in [0, 0.1) is 5.82 Å². The number of nitrogens with zero attached hydrogens (tertiary/aromatic N) is 3. The average Bonchev–Trinajstić information content (AvgIpc) is 3.09. The molecule has 0 unspecified atom stereocenters. The summed E-state index contributed by atoms with van der Waals surface area (Å²) in [6.45, 7) is 3.90. The van der Waals surface area contributed by atoms with Crippen molar-refractivity contribution in [3.05, 3.63) is 35.5 Å². The molecular formula is C17H18FN3O2S2. The molecule has 2 amide bonds. The molecule has 0 radical (unpaired) electrons. The molecule has 1 aliphatic heterocycles. The Morgan fingerprint density at radius 2 is 1.80 bits per heavy atom. The van der Waals surface area contributed by atoms with Gasteiger partial charge >= 0.3 is 0 Å². The first kappa shape index (κ1) is 17.9. The van der Waals surface area contributed by atoms with E-state index in [0.717, 1.165) is 15.6 Å². The van der Waals surface area contributed by atoms with Crippen LogP contribution in [0.15, 0.2) is 34.0 Å². The topological polar surface area (TPSA) is 53.5 Å². The van der Waals surface area contributed by atoms with E-state index in [1.54, 1.807) is 28.9 Å². The molecule has 1 fully saturated rings. The highest BCUT2D eigenvalue weighted by atomic mass is 32.2. The normalized spacial score (nSPS) is 14.6. The molecule has 0 bridgehead atoms. The third kappa shape index (κ3) is 4.58. The fraction of sp³-hybridized carbons (Fsp3) is 0.353. The van der Waals surface area contributed by atoms with E-state index in [1.165, 1.54) is 35.2 Å². The highest BCUT2D eigenvalue weighted by Gasteiger charge is 2.22. The SMILES string of the molecule is CC(=O)N1CCN(C(=O)CSc2nc(-c3ccc(F)cc3)cs2)CC1. The number of carbonyl (C=O) groups is 2. The lowest BCUT2D eigenvalue weighted by molar-refractivity contribution is -0.136. The van der Waals surface area contributed by atoms with E-state index in [1.807, 2.05) is 5.38 Å². The standard InChI is InChI=1S/C17H18FN3O2S2/c1-12(22)20-6-8-21(9-7-20)16(23)11-25-17-19-15(10-24-17)13-2-4-14(18)5-3-13/h2-5,10H,6-9,11H2,1H3. The molecule has 1 aliphatic rings. The van der Waals surface area contributed by atoms with Crippen LogP contribution in [0.25, 0.3) is 11.3 Å². The number of benzene rings is 1. The molecule has 3 rings (SSSR count). The predicted molar refractivity (Wildman–Crippen MR) is 97.1 cm³/mol. The smallest absolute Gasteiger partial charge is 0.233 e. The molecule has 1 aromatic heterocycles. The molecule has 0 atom stereocenters. The van der Waals surface area contributed by atoms with Gasteiger partial charge in [-0.1, -0.05) is 11.8 Å². The van der Waals surface area contributed by atoms with E-state index >= 15 is 0 Å². The van der Waals surface area contributed by atoms with Crippen molar-refractivity contribution < 1.29 is 14.0 Å². The Labute approximate surface area is 153 Å². The predicted octanol–water partition coefficient (Wildman–Crippen LogP) is 2.73. The first-order valence-corrected chi connectivity index (χ1v) is 9.77. The minimum absolute atomic E-state index is 0.0533. The van der Waals surface area contributed by atoms with Gasteiger partial charge in [0, 0.05) is 44.0 Å². The molecule has 0 aliphatic carbocycles. The summed E-state index contributed by atoms with van der Waals surface area (Å²) in [5.41, 5.74) is 1.64. The highest BCUT2D eigenvalue weighted by Crippen LogP contribution is 2.28. The third-order valence-corrected chi connectivity index (χ3v) is 6.03. The van der Waals surface area contributed by atoms with Crippen molar-refractivity contribution in [3.8, 4) is 11.3 Å². The number of thioether (sulfide) groups is 1. The maximum absolute atomic E-state index is 13.0. The molecule has 25 heavy (non-hydrogen) atoms. The first-order valence-electron chi connectivity index (χ1n) is 7.90. The summed E-state index contributed by atoms with van der Waals surface area (Å²) in [6.07, 6.45) is 0. The van der Waals surface area contributed by atoms with Gasteiger partial charge in [-0.05, 0) is 24.3 Å². The summed E-state index contributed by atoms with van der Waals surface area (Å²) in [6, 6.07) is 6.20. The van der Waals surface area contributed by atoms with Crippen LogP contribution in [-0.2, 0) is 9.59 Å². The molecule has 8 heteroatoms. The molecule has 0 N–H and O–H groups in total. The number of hydrogen-bond donors (Lipinski definition) is 0. The zero-order chi connectivity index (χ0) is 17.8. The lowest BCUT2D eigenvalue weighted by Gasteiger charge is -2.34. The largest absolute Gasteiger partial charge is 0.339 e. The molecule has 0 spiro atoms. The molecular weight excluding hydrogens is 361 g/mol. The van der Waals surface area contributed by atoms with Crippen LogP contribution in [0.3, 0.4) is 0 Å². The van der Waals surface area contributed by atoms with Gasteiger partial charge in [-0.3, -0.25) is 9.59 Å². The van der Waals surface area contributed by atoms with Gasteiger partial charge in [0.25, 0.3) is 0 Å². The van der Waals surface area contributed by atoms with Crippen molar-refractivity contribution >= 4 is 34.9 Å². The van der Waals surface area contributed by atoms with Crippen LogP contribution in [0.2, 0.25) is 0 Å². The van der Waals surface area contributed by atoms with E-state index in [4.69, 9.17) is 0 Å². The number of amides is 2. The van der Waals surface area contributed by atoms with Crippen molar-refractivity contribution in [2.45, 2.75) is 11.3 Å². The maximum Gasteiger partial charge on any atom is 0.233 e. The van der Waals surface area contributed by atoms with Gasteiger partial charge in [0.2, 0.25) is 11.8 Å². The van der Waals surface area contributed by atoms with Crippen LogP contribution in [-0.4, -0.2) is 58.5 Å². The second kappa shape index (κ2) is 7.97. The van der Waals surface area contributed by atoms with Crippen LogP contribution in [0.5, 0.6) is 0 Å². The number of piperazine rings is 1. The number of carbonyl (C=O) groups excluding carboxylic acids is 2. The zero-order valence-corrected chi connectivity index (χ0v) is 15.4. The molecule has 1 saturated heterocycles. The first-order chi connectivity index (χ1) is 12.0. The fourth-order valence-corrected chi connectivity index (χ4v) is 4.30. The monoisotopic (exact) mass is 379 g/mol. The van der Waals surface area contributed by atoms with Crippen LogP contribution in [0.4, 0.5) is 4.39 Å². The van der Waals surface area contributed by atoms with Gasteiger partial charge in [-0.15, -0.1) is 11.3 Å². The van der Waals surface area contributed by atoms with Gasteiger partial charge in [0.15, 0.2) is 4.34 Å². The van der Waals surface area contributed by atoms with E-state index in [-0.39, 0.29) is 17.6 Å². The van der Waals surface area contributed by atoms with E-state index in [9.17, 15) is 14.0 Å². The molecule has 2 aromatic rings. The van der Waals surface area contributed by atoms with Gasteiger partial charge in [0.05, 0.1) is 11.4 Å². The van der Waals surface area contributed by atoms with Crippen molar-refractivity contribution in [1.29, 1.82) is 0 Å². The molecule has 0 saturated carbocycles. The summed E-state index contributed by atoms with van der Waals surface area (Å²) in [5, 5.41) is 1.91. The van der Waals surface area contributed by atoms with Crippen LogP contribution in [0.1, 0.15) is 6.92 Å². The van der Waals surface area contributed by atoms with E-state index < -0.39 is 0 Å². The number of aromatic nitrogens is 1. The summed E-state index contributed by atoms with van der Waals surface area (Å²) in [7, 11) is 0. The summed E-state index contributed by atoms with van der Waals surface area (Å²) >= 11 is 2.89. The number of thiazole rings is 1. The minimum Gasteiger partial charge on any atom is -0.339 e. The quantitative estimate of drug-likeness (QED) is 0.767. The van der Waals surface area contributed by atoms with Crippen LogP contribution >= 0.6 is 23.1 Å². The Morgan fingerprint density at radius 1 is 1.16 bits per heavy atom. The van der Waals surface area contributed by atoms with Gasteiger partial charge in [-0.2, -0.15) is 0 Å². The fourth-order valence-electron chi connectivity index (χ4n) is 2.56. The Morgan fingerprint density at radius 3 is 2.44 bits per heavy atom. The minimum atomic E-state index is -0.274. The van der Waals surface area contributed by atoms with Gasteiger partial charge < -0.3 is 9.80 Å². The third-order valence-electron chi connectivity index (χ3n) is 4.02. The lowest BCUT2D eigenvalue weighted by atomic mass is 10.2. The second-order valence-corrected chi connectivity index (χ2v) is 7.76. The Kier molecular flexibility index (Phi) is 5.70. The summed E-state index contributed by atoms with van der Waals surface area (Å²) < 4.78 is 13.8.